The fraction of sp³-hybridized carbons (Fsp3) is 0.312. The van der Waals surface area contributed by atoms with Crippen LogP contribution in [-0.4, -0.2) is 11.5 Å². The van der Waals surface area contributed by atoms with Crippen LogP contribution >= 0.6 is 0 Å². The van der Waals surface area contributed by atoms with Gasteiger partial charge in [-0.3, -0.25) is 4.98 Å². The minimum atomic E-state index is -0.838. The normalized spacial score (nSPS) is 12.4. The van der Waals surface area contributed by atoms with Gasteiger partial charge in [-0.15, -0.1) is 0 Å². The number of benzene rings is 1. The fourth-order valence-corrected chi connectivity index (χ4v) is 2.30. The standard InChI is InChI=1S/C16H18F2N2/c1-4-19-16(12-5-6-13(17)14(18)8-12)15-11(3)7-10(2)9-20-15/h5-9,16,19H,4H2,1-3H3. The summed E-state index contributed by atoms with van der Waals surface area (Å²) in [6.07, 6.45) is 1.78. The van der Waals surface area contributed by atoms with Crippen molar-refractivity contribution in [3.63, 3.8) is 0 Å². The highest BCUT2D eigenvalue weighted by atomic mass is 19.2. The molecular formula is C16H18F2N2. The van der Waals surface area contributed by atoms with Gasteiger partial charge in [0.25, 0.3) is 0 Å². The van der Waals surface area contributed by atoms with E-state index in [2.05, 4.69) is 10.3 Å². The van der Waals surface area contributed by atoms with Crippen molar-refractivity contribution in [3.05, 3.63) is 64.5 Å². The number of pyridine rings is 1. The average Bonchev–Trinajstić information content (AvgIpc) is 2.40. The first-order valence-electron chi connectivity index (χ1n) is 6.64. The average molecular weight is 276 g/mol. The van der Waals surface area contributed by atoms with E-state index in [1.54, 1.807) is 12.3 Å². The van der Waals surface area contributed by atoms with E-state index in [9.17, 15) is 8.78 Å². The van der Waals surface area contributed by atoms with Gasteiger partial charge in [-0.1, -0.05) is 19.1 Å². The van der Waals surface area contributed by atoms with Crippen LogP contribution in [0.3, 0.4) is 0 Å². The Labute approximate surface area is 117 Å². The lowest BCUT2D eigenvalue weighted by molar-refractivity contribution is 0.503. The first-order valence-corrected chi connectivity index (χ1v) is 6.64. The van der Waals surface area contributed by atoms with Gasteiger partial charge in [-0.25, -0.2) is 8.78 Å². The maximum absolute atomic E-state index is 13.4. The van der Waals surface area contributed by atoms with E-state index in [1.807, 2.05) is 26.8 Å². The summed E-state index contributed by atoms with van der Waals surface area (Å²) in [6.45, 7) is 6.62. The van der Waals surface area contributed by atoms with Gasteiger partial charge in [0.1, 0.15) is 0 Å². The van der Waals surface area contributed by atoms with E-state index in [0.29, 0.717) is 12.1 Å². The van der Waals surface area contributed by atoms with Crippen molar-refractivity contribution in [1.29, 1.82) is 0 Å². The Morgan fingerprint density at radius 1 is 1.15 bits per heavy atom. The maximum Gasteiger partial charge on any atom is 0.159 e. The second-order valence-electron chi connectivity index (χ2n) is 4.88. The lowest BCUT2D eigenvalue weighted by atomic mass is 9.99. The predicted octanol–water partition coefficient (Wildman–Crippen LogP) is 3.68. The second kappa shape index (κ2) is 6.09. The monoisotopic (exact) mass is 276 g/mol. The van der Waals surface area contributed by atoms with Gasteiger partial charge in [-0.2, -0.15) is 0 Å². The van der Waals surface area contributed by atoms with Crippen molar-refractivity contribution in [2.24, 2.45) is 0 Å². The second-order valence-corrected chi connectivity index (χ2v) is 4.88. The number of halogens is 2. The summed E-state index contributed by atoms with van der Waals surface area (Å²) in [5.41, 5.74) is 3.61. The zero-order valence-electron chi connectivity index (χ0n) is 11.9. The van der Waals surface area contributed by atoms with E-state index < -0.39 is 11.6 Å². The van der Waals surface area contributed by atoms with Crippen LogP contribution in [0.5, 0.6) is 0 Å². The molecule has 4 heteroatoms. The van der Waals surface area contributed by atoms with Crippen LogP contribution < -0.4 is 5.32 Å². The quantitative estimate of drug-likeness (QED) is 0.921. The molecule has 0 bridgehead atoms. The van der Waals surface area contributed by atoms with Gasteiger partial charge in [0.15, 0.2) is 11.6 Å². The lowest BCUT2D eigenvalue weighted by Crippen LogP contribution is -2.24. The molecule has 0 spiro atoms. The molecule has 0 saturated carbocycles. The third kappa shape index (κ3) is 3.02. The number of hydrogen-bond acceptors (Lipinski definition) is 2. The Bertz CT molecular complexity index is 611. The molecule has 1 heterocycles. The summed E-state index contributed by atoms with van der Waals surface area (Å²) in [4.78, 5) is 4.45. The van der Waals surface area contributed by atoms with Crippen LogP contribution in [0.1, 0.15) is 35.3 Å². The molecule has 1 N–H and O–H groups in total. The van der Waals surface area contributed by atoms with Gasteiger partial charge in [-0.05, 0) is 49.2 Å². The molecule has 1 aromatic carbocycles. The first kappa shape index (κ1) is 14.6. The number of nitrogens with zero attached hydrogens (tertiary/aromatic N) is 1. The van der Waals surface area contributed by atoms with Gasteiger partial charge in [0.05, 0.1) is 11.7 Å². The molecule has 1 unspecified atom stereocenters. The van der Waals surface area contributed by atoms with Crippen LogP contribution in [0.4, 0.5) is 8.78 Å². The summed E-state index contributed by atoms with van der Waals surface area (Å²) < 4.78 is 26.5. The highest BCUT2D eigenvalue weighted by Crippen LogP contribution is 2.24. The zero-order valence-corrected chi connectivity index (χ0v) is 11.9. The molecule has 2 aromatic rings. The molecule has 0 aliphatic rings. The van der Waals surface area contributed by atoms with Gasteiger partial charge in [0, 0.05) is 6.20 Å². The van der Waals surface area contributed by atoms with Crippen molar-refractivity contribution in [2.45, 2.75) is 26.8 Å². The van der Waals surface area contributed by atoms with Crippen LogP contribution in [0, 0.1) is 25.5 Å². The van der Waals surface area contributed by atoms with Crippen molar-refractivity contribution < 1.29 is 8.78 Å². The summed E-state index contributed by atoms with van der Waals surface area (Å²) >= 11 is 0. The largest absolute Gasteiger partial charge is 0.305 e. The van der Waals surface area contributed by atoms with Crippen LogP contribution in [0.2, 0.25) is 0 Å². The maximum atomic E-state index is 13.4. The minimum absolute atomic E-state index is 0.240. The van der Waals surface area contributed by atoms with Crippen LogP contribution in [-0.2, 0) is 0 Å². The topological polar surface area (TPSA) is 24.9 Å². The molecule has 2 nitrogen and oxygen atoms in total. The fourth-order valence-electron chi connectivity index (χ4n) is 2.30. The Balaban J connectivity index is 2.47. The highest BCUT2D eigenvalue weighted by Gasteiger charge is 2.18. The van der Waals surface area contributed by atoms with E-state index in [1.165, 1.54) is 6.07 Å². The van der Waals surface area contributed by atoms with E-state index in [0.717, 1.165) is 22.9 Å². The van der Waals surface area contributed by atoms with E-state index in [4.69, 9.17) is 0 Å². The molecule has 0 aliphatic heterocycles. The molecule has 0 radical (unpaired) electrons. The molecule has 2 rings (SSSR count). The van der Waals surface area contributed by atoms with Gasteiger partial charge < -0.3 is 5.32 Å². The number of rotatable bonds is 4. The van der Waals surface area contributed by atoms with Crippen LogP contribution in [0.15, 0.2) is 30.5 Å². The number of aryl methyl sites for hydroxylation is 2. The smallest absolute Gasteiger partial charge is 0.159 e. The van der Waals surface area contributed by atoms with E-state index in [-0.39, 0.29) is 6.04 Å². The molecular weight excluding hydrogens is 258 g/mol. The third-order valence-corrected chi connectivity index (χ3v) is 3.21. The van der Waals surface area contributed by atoms with Crippen molar-refractivity contribution in [3.8, 4) is 0 Å². The summed E-state index contributed by atoms with van der Waals surface area (Å²) in [7, 11) is 0. The Hall–Kier alpha value is -1.81. The molecule has 0 fully saturated rings. The zero-order chi connectivity index (χ0) is 14.7. The molecule has 1 aromatic heterocycles. The number of nitrogens with one attached hydrogen (secondary N) is 1. The Morgan fingerprint density at radius 2 is 1.90 bits per heavy atom. The molecule has 1 atom stereocenters. The molecule has 20 heavy (non-hydrogen) atoms. The van der Waals surface area contributed by atoms with Crippen molar-refractivity contribution in [2.75, 3.05) is 6.54 Å². The minimum Gasteiger partial charge on any atom is -0.305 e. The van der Waals surface area contributed by atoms with Crippen molar-refractivity contribution >= 4 is 0 Å². The Morgan fingerprint density at radius 3 is 2.50 bits per heavy atom. The molecule has 0 amide bonds. The lowest BCUT2D eigenvalue weighted by Gasteiger charge is -2.20. The molecule has 106 valence electrons. The summed E-state index contributed by atoms with van der Waals surface area (Å²) in [5.74, 6) is -1.67. The van der Waals surface area contributed by atoms with Crippen molar-refractivity contribution in [1.82, 2.24) is 10.3 Å². The van der Waals surface area contributed by atoms with Crippen LogP contribution in [0.25, 0.3) is 0 Å². The van der Waals surface area contributed by atoms with E-state index >= 15 is 0 Å². The first-order chi connectivity index (χ1) is 9.52. The highest BCUT2D eigenvalue weighted by molar-refractivity contribution is 5.34. The summed E-state index contributed by atoms with van der Waals surface area (Å²) in [6, 6.07) is 5.76. The Kier molecular flexibility index (Phi) is 4.45. The van der Waals surface area contributed by atoms with Gasteiger partial charge >= 0.3 is 0 Å². The van der Waals surface area contributed by atoms with Gasteiger partial charge in [0.2, 0.25) is 0 Å². The predicted molar refractivity (Wildman–Crippen MR) is 75.6 cm³/mol. The summed E-state index contributed by atoms with van der Waals surface area (Å²) in [5, 5.41) is 3.27. The number of hydrogen-bond donors (Lipinski definition) is 1. The molecule has 0 saturated heterocycles. The molecule has 0 aliphatic carbocycles. The number of aromatic nitrogens is 1. The third-order valence-electron chi connectivity index (χ3n) is 3.21. The SMILES string of the molecule is CCNC(c1ccc(F)c(F)c1)c1ncc(C)cc1C.